The number of para-hydroxylation sites is 2. The van der Waals surface area contributed by atoms with E-state index in [1.165, 1.54) is 27.8 Å². The van der Waals surface area contributed by atoms with Crippen LogP contribution in [0.15, 0.2) is 223 Å². The van der Waals surface area contributed by atoms with Crippen molar-refractivity contribution in [1.29, 1.82) is 0 Å². The topological polar surface area (TPSA) is 28.1 Å². The molecule has 5 aromatic rings. The first-order valence-electron chi connectivity index (χ1n) is 21.4. The zero-order chi connectivity index (χ0) is 43.2. The molecule has 5 aromatic carbocycles. The quantitative estimate of drug-likeness (QED) is 0.0928. The molecule has 306 valence electrons. The first-order chi connectivity index (χ1) is 30.4. The Labute approximate surface area is 367 Å². The molecule has 3 aliphatic rings. The molecule has 1 aliphatic carbocycles. The van der Waals surface area contributed by atoms with Gasteiger partial charge in [-0.05, 0) is 128 Å². The third kappa shape index (κ3) is 8.08. The van der Waals surface area contributed by atoms with Crippen LogP contribution in [0.1, 0.15) is 55.9 Å². The zero-order valence-electron chi connectivity index (χ0n) is 36.1. The monoisotopic (exact) mass is 807 g/mol. The summed E-state index contributed by atoms with van der Waals surface area (Å²) in [6, 6.07) is 38.7. The number of hydrogen-bond acceptors (Lipinski definition) is 4. The molecule has 8 rings (SSSR count). The van der Waals surface area contributed by atoms with Crippen molar-refractivity contribution in [1.82, 2.24) is 0 Å². The highest BCUT2D eigenvalue weighted by Crippen LogP contribution is 2.55. The molecule has 0 saturated heterocycles. The fraction of sp³-hybridized carbons (Fsp3) is 0.121. The maximum atomic E-state index is 6.60. The Morgan fingerprint density at radius 1 is 0.742 bits per heavy atom. The molecule has 2 unspecified atom stereocenters. The maximum absolute atomic E-state index is 6.60. The highest BCUT2D eigenvalue weighted by atomic mass is 16.5. The van der Waals surface area contributed by atoms with Gasteiger partial charge in [0.05, 0.1) is 22.8 Å². The molecule has 0 spiro atoms. The van der Waals surface area contributed by atoms with Gasteiger partial charge in [0.25, 0.3) is 0 Å². The van der Waals surface area contributed by atoms with Crippen LogP contribution in [0.4, 0.5) is 22.7 Å². The number of fused-ring (bicyclic) bond motifs is 3. The molecule has 0 aromatic heterocycles. The fourth-order valence-electron chi connectivity index (χ4n) is 8.79. The number of rotatable bonds is 12. The van der Waals surface area contributed by atoms with E-state index in [-0.39, 0.29) is 11.8 Å². The Balaban J connectivity index is 1.16. The van der Waals surface area contributed by atoms with Gasteiger partial charge in [0.2, 0.25) is 0 Å². The Bertz CT molecular complexity index is 2800. The number of anilines is 4. The van der Waals surface area contributed by atoms with Gasteiger partial charge in [-0.3, -0.25) is 4.99 Å². The minimum Gasteiger partial charge on any atom is -0.453 e. The van der Waals surface area contributed by atoms with Gasteiger partial charge in [0.1, 0.15) is 0 Å². The van der Waals surface area contributed by atoms with Gasteiger partial charge in [-0.1, -0.05) is 153 Å². The van der Waals surface area contributed by atoms with Crippen LogP contribution in [0.2, 0.25) is 0 Å². The van der Waals surface area contributed by atoms with Crippen molar-refractivity contribution in [3.05, 3.63) is 241 Å². The maximum Gasteiger partial charge on any atom is 0.152 e. The summed E-state index contributed by atoms with van der Waals surface area (Å²) in [4.78, 5) is 9.04. The minimum absolute atomic E-state index is 0.0417. The average Bonchev–Trinajstić information content (AvgIpc) is 3.60. The van der Waals surface area contributed by atoms with Gasteiger partial charge in [0.15, 0.2) is 11.5 Å². The van der Waals surface area contributed by atoms with Crippen molar-refractivity contribution in [2.45, 2.75) is 40.0 Å². The summed E-state index contributed by atoms with van der Waals surface area (Å²) in [7, 11) is 0. The van der Waals surface area contributed by atoms with Crippen molar-refractivity contribution >= 4 is 40.7 Å². The van der Waals surface area contributed by atoms with Crippen LogP contribution < -0.4 is 14.5 Å². The molecule has 0 fully saturated rings. The summed E-state index contributed by atoms with van der Waals surface area (Å²) in [5.41, 5.74) is 16.0. The van der Waals surface area contributed by atoms with Crippen LogP contribution in [0.5, 0.6) is 11.5 Å². The molecule has 4 heteroatoms. The molecule has 0 saturated carbocycles. The molecule has 0 radical (unpaired) electrons. The van der Waals surface area contributed by atoms with Gasteiger partial charge in [-0.25, -0.2) is 0 Å². The van der Waals surface area contributed by atoms with Crippen LogP contribution >= 0.6 is 0 Å². The summed E-state index contributed by atoms with van der Waals surface area (Å²) < 4.78 is 6.60. The third-order valence-corrected chi connectivity index (χ3v) is 11.8. The Morgan fingerprint density at radius 3 is 2.31 bits per heavy atom. The van der Waals surface area contributed by atoms with Gasteiger partial charge in [-0.15, -0.1) is 0 Å². The molecule has 0 bridgehead atoms. The van der Waals surface area contributed by atoms with Crippen molar-refractivity contribution < 1.29 is 4.74 Å². The van der Waals surface area contributed by atoms with E-state index >= 15 is 0 Å². The van der Waals surface area contributed by atoms with Crippen molar-refractivity contribution in [2.24, 2.45) is 10.9 Å². The van der Waals surface area contributed by atoms with E-state index in [1.54, 1.807) is 0 Å². The lowest BCUT2D eigenvalue weighted by Gasteiger charge is -2.33. The summed E-state index contributed by atoms with van der Waals surface area (Å²) in [5, 5.41) is 0. The molecule has 4 nitrogen and oxygen atoms in total. The molecular weight excluding hydrogens is 755 g/mol. The summed E-state index contributed by atoms with van der Waals surface area (Å²) in [6.45, 7) is 21.5. The Hall–Kier alpha value is -7.43. The second-order valence-corrected chi connectivity index (χ2v) is 15.5. The molecule has 62 heavy (non-hydrogen) atoms. The van der Waals surface area contributed by atoms with Crippen molar-refractivity contribution in [3.63, 3.8) is 0 Å². The molecule has 0 amide bonds. The first-order valence-corrected chi connectivity index (χ1v) is 21.4. The van der Waals surface area contributed by atoms with E-state index in [0.717, 1.165) is 74.5 Å². The summed E-state index contributed by atoms with van der Waals surface area (Å²) in [5.74, 6) is 1.75. The predicted octanol–water partition coefficient (Wildman–Crippen LogP) is 15.9. The van der Waals surface area contributed by atoms with E-state index < -0.39 is 0 Å². The molecular formula is C58H53N3O. The third-order valence-electron chi connectivity index (χ3n) is 11.8. The lowest BCUT2D eigenvalue weighted by atomic mass is 9.78. The van der Waals surface area contributed by atoms with Gasteiger partial charge < -0.3 is 14.5 Å². The van der Waals surface area contributed by atoms with Gasteiger partial charge in [0, 0.05) is 34.5 Å². The molecule has 0 N–H and O–H groups in total. The number of aliphatic imine (C=N–C) groups is 1. The van der Waals surface area contributed by atoms with E-state index in [2.05, 4.69) is 188 Å². The standard InChI is InChI=1S/C58H53N3O/c1-8-12-13-20-40(5)60-53-25-16-17-26-56(53)62-57-39-47(33-36-54(57)60)46-32-34-51-55(38-46)61(41(6)58(51)50-24-15-14-21-44(50)11-4)49-23-18-22-48(37-49)52(59-7)35-29-42-27-30-45(31-28-42)43(10-3)19-9-2/h8-28,30-39,50,58H,5-7,29H2,1-4H3/b12-8-,19-9-,20-13-,43-10+,44-11-,52-35-. The highest BCUT2D eigenvalue weighted by Gasteiger charge is 2.39. The second kappa shape index (κ2) is 18.5. The Kier molecular flexibility index (Phi) is 12.3. The highest BCUT2D eigenvalue weighted by molar-refractivity contribution is 5.87. The molecule has 2 aliphatic heterocycles. The zero-order valence-corrected chi connectivity index (χ0v) is 36.1. The molecule has 2 atom stereocenters. The van der Waals surface area contributed by atoms with Crippen LogP contribution in [-0.2, 0) is 6.42 Å². The number of benzene rings is 5. The van der Waals surface area contributed by atoms with Crippen LogP contribution in [0.3, 0.4) is 0 Å². The number of nitrogens with zero attached hydrogens (tertiary/aromatic N) is 3. The van der Waals surface area contributed by atoms with Crippen LogP contribution in [0.25, 0.3) is 22.4 Å². The smallest absolute Gasteiger partial charge is 0.152 e. The number of hydrogen-bond donors (Lipinski definition) is 0. The predicted molar refractivity (Wildman–Crippen MR) is 266 cm³/mol. The first kappa shape index (κ1) is 41.3. The number of allylic oxidation sites excluding steroid dienone is 16. The van der Waals surface area contributed by atoms with E-state index in [1.807, 2.05) is 56.4 Å². The second-order valence-electron chi connectivity index (χ2n) is 15.5. The van der Waals surface area contributed by atoms with Crippen molar-refractivity contribution in [3.8, 4) is 22.6 Å². The average molecular weight is 808 g/mol. The lowest BCUT2D eigenvalue weighted by molar-refractivity contribution is 0.476. The van der Waals surface area contributed by atoms with Crippen molar-refractivity contribution in [2.75, 3.05) is 9.80 Å². The lowest BCUT2D eigenvalue weighted by Crippen LogP contribution is -2.19. The van der Waals surface area contributed by atoms with Gasteiger partial charge >= 0.3 is 0 Å². The van der Waals surface area contributed by atoms with Crippen LogP contribution in [-0.4, -0.2) is 6.72 Å². The van der Waals surface area contributed by atoms with E-state index in [0.29, 0.717) is 0 Å². The molecule has 2 heterocycles. The summed E-state index contributed by atoms with van der Waals surface area (Å²) >= 11 is 0. The van der Waals surface area contributed by atoms with Crippen LogP contribution in [0, 0.1) is 5.92 Å². The van der Waals surface area contributed by atoms with E-state index in [4.69, 9.17) is 11.3 Å². The van der Waals surface area contributed by atoms with E-state index in [9.17, 15) is 0 Å². The normalized spacial score (nSPS) is 17.9. The summed E-state index contributed by atoms with van der Waals surface area (Å²) in [6.07, 6.45) is 28.3. The largest absolute Gasteiger partial charge is 0.453 e. The van der Waals surface area contributed by atoms with Gasteiger partial charge in [-0.2, -0.15) is 0 Å². The Morgan fingerprint density at radius 2 is 1.53 bits per heavy atom. The SMILES string of the molecule is C=N/C(=C\Cc1ccc(C(/C=C\C)=C/C)cc1)c1cccc(N2C(=C)C(C3C=CC=C/C3=C/C)c3ccc(-c4ccc5c(c4)Oc4ccccc4N5C(=C)/C=C\C=C/C)cc32)c1. The minimum atomic E-state index is 0.0417. The fourth-order valence-corrected chi connectivity index (χ4v) is 8.79. The number of ether oxygens (including phenoxy) is 1.